The van der Waals surface area contributed by atoms with Gasteiger partial charge in [0.2, 0.25) is 0 Å². The molecule has 2 aromatic heterocycles. The highest BCUT2D eigenvalue weighted by molar-refractivity contribution is 9.11. The highest BCUT2D eigenvalue weighted by Gasteiger charge is 2.06. The SMILES string of the molecule is N#Cc1ccc(NCCNC(=O)c2csc(Br)c2)nc1. The van der Waals surface area contributed by atoms with Crippen molar-refractivity contribution in [3.05, 3.63) is 44.7 Å². The van der Waals surface area contributed by atoms with Gasteiger partial charge in [0.05, 0.1) is 14.9 Å². The number of amides is 1. The van der Waals surface area contributed by atoms with Gasteiger partial charge in [0, 0.05) is 24.7 Å². The predicted molar refractivity (Wildman–Crippen MR) is 81.8 cm³/mol. The maximum absolute atomic E-state index is 11.7. The highest BCUT2D eigenvalue weighted by atomic mass is 79.9. The van der Waals surface area contributed by atoms with Crippen LogP contribution < -0.4 is 10.6 Å². The summed E-state index contributed by atoms with van der Waals surface area (Å²) in [6.07, 6.45) is 1.50. The minimum absolute atomic E-state index is 0.0958. The molecule has 2 aromatic rings. The van der Waals surface area contributed by atoms with Crippen LogP contribution in [0, 0.1) is 11.3 Å². The number of nitrogens with zero attached hydrogens (tertiary/aromatic N) is 2. The van der Waals surface area contributed by atoms with E-state index in [0.717, 1.165) is 3.79 Å². The number of rotatable bonds is 5. The number of carbonyl (C=O) groups is 1. The Labute approximate surface area is 128 Å². The van der Waals surface area contributed by atoms with Crippen molar-refractivity contribution in [2.24, 2.45) is 0 Å². The van der Waals surface area contributed by atoms with Crippen LogP contribution in [0.3, 0.4) is 0 Å². The van der Waals surface area contributed by atoms with Crippen molar-refractivity contribution in [3.63, 3.8) is 0 Å². The van der Waals surface area contributed by atoms with Crippen molar-refractivity contribution in [1.82, 2.24) is 10.3 Å². The largest absolute Gasteiger partial charge is 0.368 e. The summed E-state index contributed by atoms with van der Waals surface area (Å²) >= 11 is 4.80. The Bertz CT molecular complexity index is 633. The molecular formula is C13H11BrN4OS. The van der Waals surface area contributed by atoms with Crippen LogP contribution in [-0.4, -0.2) is 24.0 Å². The molecule has 0 aliphatic heterocycles. The van der Waals surface area contributed by atoms with Crippen molar-refractivity contribution >= 4 is 39.0 Å². The molecule has 0 radical (unpaired) electrons. The lowest BCUT2D eigenvalue weighted by Gasteiger charge is -2.06. The first kappa shape index (κ1) is 14.5. The first-order valence-electron chi connectivity index (χ1n) is 5.81. The van der Waals surface area contributed by atoms with E-state index in [1.54, 1.807) is 23.6 Å². The van der Waals surface area contributed by atoms with Gasteiger partial charge in [-0.2, -0.15) is 5.26 Å². The Hall–Kier alpha value is -1.91. The van der Waals surface area contributed by atoms with E-state index in [-0.39, 0.29) is 5.91 Å². The van der Waals surface area contributed by atoms with E-state index < -0.39 is 0 Å². The molecule has 2 heterocycles. The number of pyridine rings is 1. The fourth-order valence-corrected chi connectivity index (χ4v) is 2.60. The van der Waals surface area contributed by atoms with Gasteiger partial charge in [0.1, 0.15) is 11.9 Å². The molecule has 102 valence electrons. The third-order valence-corrected chi connectivity index (χ3v) is 3.94. The standard InChI is InChI=1S/C13H11BrN4OS/c14-11-5-10(8-20-11)13(19)17-4-3-16-12-2-1-9(6-15)7-18-12/h1-2,5,7-8H,3-4H2,(H,16,18)(H,17,19). The molecule has 0 aliphatic carbocycles. The molecule has 0 spiro atoms. The van der Waals surface area contributed by atoms with E-state index in [0.29, 0.717) is 30.0 Å². The van der Waals surface area contributed by atoms with Crippen molar-refractivity contribution < 1.29 is 4.79 Å². The van der Waals surface area contributed by atoms with Crippen LogP contribution in [-0.2, 0) is 0 Å². The highest BCUT2D eigenvalue weighted by Crippen LogP contribution is 2.20. The summed E-state index contributed by atoms with van der Waals surface area (Å²) in [7, 11) is 0. The maximum Gasteiger partial charge on any atom is 0.252 e. The molecule has 2 N–H and O–H groups in total. The lowest BCUT2D eigenvalue weighted by Crippen LogP contribution is -2.28. The Morgan fingerprint density at radius 1 is 1.45 bits per heavy atom. The summed E-state index contributed by atoms with van der Waals surface area (Å²) in [4.78, 5) is 15.8. The van der Waals surface area contributed by atoms with E-state index in [4.69, 9.17) is 5.26 Å². The second-order valence-corrected chi connectivity index (χ2v) is 6.16. The number of halogens is 1. The third kappa shape index (κ3) is 4.05. The van der Waals surface area contributed by atoms with Gasteiger partial charge in [-0.05, 0) is 34.1 Å². The molecule has 7 heteroatoms. The molecule has 2 rings (SSSR count). The van der Waals surface area contributed by atoms with Crippen LogP contribution in [0.4, 0.5) is 5.82 Å². The Morgan fingerprint density at radius 2 is 2.30 bits per heavy atom. The second-order valence-electron chi connectivity index (χ2n) is 3.87. The van der Waals surface area contributed by atoms with Crippen LogP contribution in [0.5, 0.6) is 0 Å². The fourth-order valence-electron chi connectivity index (χ4n) is 1.46. The molecule has 20 heavy (non-hydrogen) atoms. The van der Waals surface area contributed by atoms with Crippen molar-refractivity contribution in [3.8, 4) is 6.07 Å². The second kappa shape index (κ2) is 7.03. The van der Waals surface area contributed by atoms with Gasteiger partial charge in [0.25, 0.3) is 5.91 Å². The maximum atomic E-state index is 11.7. The first-order chi connectivity index (χ1) is 9.69. The molecule has 0 saturated carbocycles. The number of nitrogens with one attached hydrogen (secondary N) is 2. The van der Waals surface area contributed by atoms with Crippen molar-refractivity contribution in [2.75, 3.05) is 18.4 Å². The zero-order valence-electron chi connectivity index (χ0n) is 10.4. The van der Waals surface area contributed by atoms with E-state index in [9.17, 15) is 4.79 Å². The number of thiophene rings is 1. The molecule has 0 fully saturated rings. The predicted octanol–water partition coefficient (Wildman–Crippen LogP) is 2.62. The monoisotopic (exact) mass is 350 g/mol. The van der Waals surface area contributed by atoms with Crippen LogP contribution >= 0.6 is 27.3 Å². The summed E-state index contributed by atoms with van der Waals surface area (Å²) in [6.45, 7) is 1.06. The molecule has 0 saturated heterocycles. The van der Waals surface area contributed by atoms with Gasteiger partial charge in [-0.3, -0.25) is 4.79 Å². The Balaban J connectivity index is 1.73. The average molecular weight is 351 g/mol. The first-order valence-corrected chi connectivity index (χ1v) is 7.48. The molecule has 0 atom stereocenters. The summed E-state index contributed by atoms with van der Waals surface area (Å²) in [5.41, 5.74) is 1.17. The van der Waals surface area contributed by atoms with E-state index >= 15 is 0 Å². The topological polar surface area (TPSA) is 77.8 Å². The van der Waals surface area contributed by atoms with Crippen LogP contribution in [0.15, 0.2) is 33.6 Å². The molecule has 0 bridgehead atoms. The van der Waals surface area contributed by atoms with Gasteiger partial charge in [-0.1, -0.05) is 0 Å². The Morgan fingerprint density at radius 3 is 2.90 bits per heavy atom. The average Bonchev–Trinajstić information content (AvgIpc) is 2.91. The van der Waals surface area contributed by atoms with Crippen LogP contribution in [0.2, 0.25) is 0 Å². The zero-order chi connectivity index (χ0) is 14.4. The minimum atomic E-state index is -0.0958. The zero-order valence-corrected chi connectivity index (χ0v) is 12.8. The molecule has 0 aliphatic rings. The summed E-state index contributed by atoms with van der Waals surface area (Å²) < 4.78 is 0.933. The molecule has 5 nitrogen and oxygen atoms in total. The number of hydrogen-bond donors (Lipinski definition) is 2. The number of aromatic nitrogens is 1. The van der Waals surface area contributed by atoms with E-state index in [1.807, 2.05) is 6.07 Å². The number of nitriles is 1. The fraction of sp³-hybridized carbons (Fsp3) is 0.154. The van der Waals surface area contributed by atoms with Gasteiger partial charge in [-0.15, -0.1) is 11.3 Å². The summed E-state index contributed by atoms with van der Waals surface area (Å²) in [5, 5.41) is 16.3. The van der Waals surface area contributed by atoms with Gasteiger partial charge in [0.15, 0.2) is 0 Å². The lowest BCUT2D eigenvalue weighted by atomic mass is 10.3. The number of hydrogen-bond acceptors (Lipinski definition) is 5. The van der Waals surface area contributed by atoms with E-state index in [2.05, 4.69) is 31.5 Å². The van der Waals surface area contributed by atoms with E-state index in [1.165, 1.54) is 17.5 Å². The van der Waals surface area contributed by atoms with Gasteiger partial charge in [-0.25, -0.2) is 4.98 Å². The molecule has 1 amide bonds. The summed E-state index contributed by atoms with van der Waals surface area (Å²) in [6, 6.07) is 7.22. The third-order valence-electron chi connectivity index (χ3n) is 2.44. The lowest BCUT2D eigenvalue weighted by molar-refractivity contribution is 0.0955. The van der Waals surface area contributed by atoms with Crippen molar-refractivity contribution in [1.29, 1.82) is 5.26 Å². The quantitative estimate of drug-likeness (QED) is 0.812. The minimum Gasteiger partial charge on any atom is -0.368 e. The molecular weight excluding hydrogens is 340 g/mol. The van der Waals surface area contributed by atoms with Crippen molar-refractivity contribution in [2.45, 2.75) is 0 Å². The smallest absolute Gasteiger partial charge is 0.252 e. The number of carbonyl (C=O) groups excluding carboxylic acids is 1. The van der Waals surface area contributed by atoms with Gasteiger partial charge >= 0.3 is 0 Å². The Kier molecular flexibility index (Phi) is 5.09. The normalized spacial score (nSPS) is 9.80. The van der Waals surface area contributed by atoms with Crippen LogP contribution in [0.25, 0.3) is 0 Å². The van der Waals surface area contributed by atoms with Crippen LogP contribution in [0.1, 0.15) is 15.9 Å². The van der Waals surface area contributed by atoms with Gasteiger partial charge < -0.3 is 10.6 Å². The summed E-state index contributed by atoms with van der Waals surface area (Å²) in [5.74, 6) is 0.582. The molecule has 0 unspecified atom stereocenters. The molecule has 0 aromatic carbocycles. The number of anilines is 1.